The van der Waals surface area contributed by atoms with Crippen LogP contribution < -0.4 is 20.5 Å². The number of nitrogens with one attached hydrogen (secondary N) is 1. The summed E-state index contributed by atoms with van der Waals surface area (Å²) in [6.07, 6.45) is 0. The number of benzene rings is 2. The lowest BCUT2D eigenvalue weighted by Crippen LogP contribution is -2.23. The highest BCUT2D eigenvalue weighted by atomic mass is 19.3. The number of nitrogens with two attached hydrogens (primary N) is 1. The van der Waals surface area contributed by atoms with Crippen LogP contribution in [0.5, 0.6) is 11.5 Å². The van der Waals surface area contributed by atoms with Crippen molar-refractivity contribution in [2.45, 2.75) is 26.6 Å². The van der Waals surface area contributed by atoms with Crippen LogP contribution in [0.1, 0.15) is 28.4 Å². The second-order valence-electron chi connectivity index (χ2n) is 5.14. The largest absolute Gasteiger partial charge is 0.490 e. The fraction of sp³-hybridized carbons (Fsp3) is 0.278. The van der Waals surface area contributed by atoms with Crippen LogP contribution in [0.2, 0.25) is 0 Å². The van der Waals surface area contributed by atoms with Crippen molar-refractivity contribution in [1.29, 1.82) is 0 Å². The Kier molecular flexibility index (Phi) is 6.71. The molecule has 0 bridgehead atoms. The van der Waals surface area contributed by atoms with Crippen LogP contribution in [0.15, 0.2) is 42.5 Å². The highest BCUT2D eigenvalue weighted by molar-refractivity contribution is 5.94. The zero-order valence-electron chi connectivity index (χ0n) is 13.8. The molecule has 0 aliphatic heterocycles. The number of ether oxygens (including phenoxy) is 2. The maximum Gasteiger partial charge on any atom is 0.387 e. The molecule has 0 radical (unpaired) electrons. The number of carbonyl (C=O) groups excluding carboxylic acids is 1. The summed E-state index contributed by atoms with van der Waals surface area (Å²) in [5, 5.41) is 2.69. The average Bonchev–Trinajstić information content (AvgIpc) is 2.61. The Morgan fingerprint density at radius 2 is 1.92 bits per heavy atom. The van der Waals surface area contributed by atoms with Crippen LogP contribution in [0.4, 0.5) is 8.78 Å². The number of halogens is 2. The van der Waals surface area contributed by atoms with Gasteiger partial charge < -0.3 is 20.5 Å². The molecule has 2 rings (SSSR count). The van der Waals surface area contributed by atoms with E-state index in [-0.39, 0.29) is 24.0 Å². The number of amides is 1. The smallest absolute Gasteiger partial charge is 0.387 e. The number of hydrogen-bond acceptors (Lipinski definition) is 4. The van der Waals surface area contributed by atoms with Crippen molar-refractivity contribution >= 4 is 5.91 Å². The van der Waals surface area contributed by atoms with E-state index in [1.165, 1.54) is 6.07 Å². The molecule has 5 nitrogen and oxygen atoms in total. The van der Waals surface area contributed by atoms with Gasteiger partial charge in [-0.25, -0.2) is 0 Å². The summed E-state index contributed by atoms with van der Waals surface area (Å²) in [6.45, 7) is -0.519. The minimum absolute atomic E-state index is 0.0282. The van der Waals surface area contributed by atoms with Crippen LogP contribution in [0.25, 0.3) is 0 Å². The molecule has 25 heavy (non-hydrogen) atoms. The van der Waals surface area contributed by atoms with Gasteiger partial charge in [0.15, 0.2) is 11.5 Å². The van der Waals surface area contributed by atoms with E-state index in [0.29, 0.717) is 24.3 Å². The monoisotopic (exact) mass is 350 g/mol. The number of carbonyl (C=O) groups is 1. The Hall–Kier alpha value is -2.67. The Balaban J connectivity index is 2.12. The molecule has 0 saturated heterocycles. The second-order valence-corrected chi connectivity index (χ2v) is 5.14. The van der Waals surface area contributed by atoms with Gasteiger partial charge in [-0.05, 0) is 30.7 Å². The van der Waals surface area contributed by atoms with E-state index in [2.05, 4.69) is 10.1 Å². The summed E-state index contributed by atoms with van der Waals surface area (Å²) >= 11 is 0. The molecular formula is C18H20F2N2O3. The van der Waals surface area contributed by atoms with Crippen LogP contribution >= 0.6 is 0 Å². The molecule has 0 saturated carbocycles. The molecule has 0 aromatic heterocycles. The van der Waals surface area contributed by atoms with Crippen molar-refractivity contribution in [2.24, 2.45) is 5.73 Å². The number of para-hydroxylation sites is 1. The Morgan fingerprint density at radius 3 is 2.52 bits per heavy atom. The van der Waals surface area contributed by atoms with Gasteiger partial charge in [-0.2, -0.15) is 8.78 Å². The van der Waals surface area contributed by atoms with Crippen LogP contribution in [0, 0.1) is 0 Å². The summed E-state index contributed by atoms with van der Waals surface area (Å²) in [5.74, 6) is -0.187. The Bertz CT molecular complexity index is 706. The van der Waals surface area contributed by atoms with E-state index in [4.69, 9.17) is 10.5 Å². The normalized spacial score (nSPS) is 10.6. The van der Waals surface area contributed by atoms with E-state index >= 15 is 0 Å². The number of rotatable bonds is 8. The minimum Gasteiger partial charge on any atom is -0.490 e. The molecule has 1 amide bonds. The first-order valence-electron chi connectivity index (χ1n) is 7.81. The van der Waals surface area contributed by atoms with Crippen molar-refractivity contribution in [3.05, 3.63) is 59.2 Å². The third kappa shape index (κ3) is 5.15. The molecule has 0 unspecified atom stereocenters. The quantitative estimate of drug-likeness (QED) is 0.767. The lowest BCUT2D eigenvalue weighted by atomic mass is 10.1. The van der Waals surface area contributed by atoms with Crippen molar-refractivity contribution < 1.29 is 23.0 Å². The van der Waals surface area contributed by atoms with Gasteiger partial charge in [-0.1, -0.05) is 24.3 Å². The zero-order valence-corrected chi connectivity index (χ0v) is 13.8. The van der Waals surface area contributed by atoms with Gasteiger partial charge in [0.05, 0.1) is 6.61 Å². The molecule has 0 aliphatic carbocycles. The lowest BCUT2D eigenvalue weighted by Gasteiger charge is -2.15. The molecule has 0 atom stereocenters. The first kappa shape index (κ1) is 18.7. The molecule has 3 N–H and O–H groups in total. The van der Waals surface area contributed by atoms with Crippen molar-refractivity contribution in [3.63, 3.8) is 0 Å². The van der Waals surface area contributed by atoms with Crippen molar-refractivity contribution in [2.75, 3.05) is 6.61 Å². The number of hydrogen-bond donors (Lipinski definition) is 2. The van der Waals surface area contributed by atoms with Crippen molar-refractivity contribution in [3.8, 4) is 11.5 Å². The first-order valence-corrected chi connectivity index (χ1v) is 7.81. The fourth-order valence-electron chi connectivity index (χ4n) is 2.26. The molecule has 0 heterocycles. The molecule has 0 aliphatic rings. The molecule has 7 heteroatoms. The van der Waals surface area contributed by atoms with Gasteiger partial charge in [0.1, 0.15) is 0 Å². The van der Waals surface area contributed by atoms with Gasteiger partial charge in [-0.3, -0.25) is 4.79 Å². The molecule has 0 fully saturated rings. The number of alkyl halides is 2. The van der Waals surface area contributed by atoms with Crippen LogP contribution in [-0.2, 0) is 13.1 Å². The summed E-state index contributed by atoms with van der Waals surface area (Å²) in [7, 11) is 0. The topological polar surface area (TPSA) is 73.6 Å². The minimum atomic E-state index is -2.99. The van der Waals surface area contributed by atoms with Gasteiger partial charge in [0.25, 0.3) is 5.91 Å². The predicted octanol–water partition coefficient (Wildman–Crippen LogP) is 3.08. The van der Waals surface area contributed by atoms with Gasteiger partial charge in [0, 0.05) is 24.2 Å². The third-order valence-electron chi connectivity index (χ3n) is 3.46. The maximum absolute atomic E-state index is 12.7. The van der Waals surface area contributed by atoms with Gasteiger partial charge >= 0.3 is 6.61 Å². The molecular weight excluding hydrogens is 330 g/mol. The van der Waals surface area contributed by atoms with E-state index in [1.54, 1.807) is 43.3 Å². The van der Waals surface area contributed by atoms with Crippen LogP contribution in [0.3, 0.4) is 0 Å². The maximum atomic E-state index is 12.7. The molecule has 2 aromatic carbocycles. The van der Waals surface area contributed by atoms with E-state index in [0.717, 1.165) is 5.56 Å². The zero-order chi connectivity index (χ0) is 18.2. The highest BCUT2D eigenvalue weighted by Gasteiger charge is 2.16. The highest BCUT2D eigenvalue weighted by Crippen LogP contribution is 2.32. The lowest BCUT2D eigenvalue weighted by molar-refractivity contribution is -0.0520. The standard InChI is InChI=1S/C18H20F2N2O3/c1-2-24-15-5-3-4-14(16(15)25-18(19)20)11-22-17(23)13-8-6-12(10-21)7-9-13/h3-9,18H,2,10-11,21H2,1H3,(H,22,23). The summed E-state index contributed by atoms with van der Waals surface area (Å²) < 4.78 is 35.2. The Morgan fingerprint density at radius 1 is 1.20 bits per heavy atom. The van der Waals surface area contributed by atoms with Gasteiger partial charge in [-0.15, -0.1) is 0 Å². The first-order chi connectivity index (χ1) is 12.0. The van der Waals surface area contributed by atoms with Crippen LogP contribution in [-0.4, -0.2) is 19.1 Å². The van der Waals surface area contributed by atoms with Crippen molar-refractivity contribution in [1.82, 2.24) is 5.32 Å². The molecule has 2 aromatic rings. The molecule has 0 spiro atoms. The summed E-state index contributed by atoms with van der Waals surface area (Å²) in [4.78, 5) is 12.2. The third-order valence-corrected chi connectivity index (χ3v) is 3.46. The average molecular weight is 350 g/mol. The van der Waals surface area contributed by atoms with Gasteiger partial charge in [0.2, 0.25) is 0 Å². The fourth-order valence-corrected chi connectivity index (χ4v) is 2.26. The van der Waals surface area contributed by atoms with E-state index < -0.39 is 6.61 Å². The summed E-state index contributed by atoms with van der Waals surface area (Å²) in [6, 6.07) is 11.6. The molecule has 134 valence electrons. The SMILES string of the molecule is CCOc1cccc(CNC(=O)c2ccc(CN)cc2)c1OC(F)F. The second kappa shape index (κ2) is 8.98. The predicted molar refractivity (Wildman–Crippen MR) is 89.7 cm³/mol. The van der Waals surface area contributed by atoms with E-state index in [1.807, 2.05) is 0 Å². The Labute approximate surface area is 144 Å². The van der Waals surface area contributed by atoms with E-state index in [9.17, 15) is 13.6 Å². The summed E-state index contributed by atoms with van der Waals surface area (Å²) in [5.41, 5.74) is 7.28.